The molecule has 7 heteroatoms. The highest BCUT2D eigenvalue weighted by molar-refractivity contribution is 5.82. The zero-order valence-electron chi connectivity index (χ0n) is 14.8. The first-order valence-electron chi connectivity index (χ1n) is 9.07. The Morgan fingerprint density at radius 3 is 2.89 bits per heavy atom. The monoisotopic (exact) mass is 360 g/mol. The largest absolute Gasteiger partial charge is 0.457 e. The molecule has 136 valence electrons. The number of ether oxygens (including phenoxy) is 1. The Labute approximate surface area is 156 Å². The van der Waals surface area contributed by atoms with Crippen LogP contribution in [0.4, 0.5) is 0 Å². The molecule has 4 heterocycles. The summed E-state index contributed by atoms with van der Waals surface area (Å²) in [5.41, 5.74) is 3.66. The summed E-state index contributed by atoms with van der Waals surface area (Å²) in [6, 6.07) is 12.8. The molecule has 0 bridgehead atoms. The number of benzene rings is 1. The molecule has 0 saturated carbocycles. The van der Waals surface area contributed by atoms with Gasteiger partial charge >= 0.3 is 6.01 Å². The van der Waals surface area contributed by atoms with E-state index in [2.05, 4.69) is 55.3 Å². The van der Waals surface area contributed by atoms with Crippen molar-refractivity contribution in [3.63, 3.8) is 0 Å². The van der Waals surface area contributed by atoms with E-state index in [4.69, 9.17) is 4.74 Å². The van der Waals surface area contributed by atoms with Gasteiger partial charge < -0.3 is 9.72 Å². The summed E-state index contributed by atoms with van der Waals surface area (Å²) in [5.74, 6) is 0. The summed E-state index contributed by atoms with van der Waals surface area (Å²) < 4.78 is 8.09. The molecule has 3 aromatic heterocycles. The fourth-order valence-electron chi connectivity index (χ4n) is 3.71. The van der Waals surface area contributed by atoms with Crippen molar-refractivity contribution in [2.75, 3.05) is 6.54 Å². The second kappa shape index (κ2) is 6.85. The Hall–Kier alpha value is -3.19. The van der Waals surface area contributed by atoms with Crippen LogP contribution in [0.15, 0.2) is 61.2 Å². The van der Waals surface area contributed by atoms with Crippen molar-refractivity contribution in [1.82, 2.24) is 29.6 Å². The predicted octanol–water partition coefficient (Wildman–Crippen LogP) is 2.62. The van der Waals surface area contributed by atoms with Crippen LogP contribution in [0.2, 0.25) is 0 Å². The van der Waals surface area contributed by atoms with E-state index in [1.165, 1.54) is 16.6 Å². The molecule has 0 aliphatic carbocycles. The molecular weight excluding hydrogens is 340 g/mol. The minimum Gasteiger partial charge on any atom is -0.457 e. The van der Waals surface area contributed by atoms with Gasteiger partial charge in [-0.1, -0.05) is 12.1 Å². The van der Waals surface area contributed by atoms with E-state index in [9.17, 15) is 0 Å². The van der Waals surface area contributed by atoms with Gasteiger partial charge in [0.25, 0.3) is 0 Å². The lowest BCUT2D eigenvalue weighted by molar-refractivity contribution is 0.113. The Morgan fingerprint density at radius 2 is 1.96 bits per heavy atom. The molecule has 1 aliphatic rings. The number of nitrogens with one attached hydrogen (secondary N) is 1. The maximum Gasteiger partial charge on any atom is 0.316 e. The van der Waals surface area contributed by atoms with Gasteiger partial charge in [0.15, 0.2) is 0 Å². The van der Waals surface area contributed by atoms with Gasteiger partial charge in [0.2, 0.25) is 0 Å². The number of rotatable bonds is 4. The number of aromatic amines is 1. The van der Waals surface area contributed by atoms with E-state index in [1.54, 1.807) is 18.5 Å². The molecule has 0 unspecified atom stereocenters. The van der Waals surface area contributed by atoms with E-state index < -0.39 is 0 Å². The Balaban J connectivity index is 1.42. The number of fused-ring (bicyclic) bond motifs is 2. The van der Waals surface area contributed by atoms with Gasteiger partial charge in [0.05, 0.1) is 12.2 Å². The van der Waals surface area contributed by atoms with Crippen LogP contribution in [-0.4, -0.2) is 42.3 Å². The molecule has 0 saturated heterocycles. The Bertz CT molecular complexity index is 1040. The third-order valence-corrected chi connectivity index (χ3v) is 4.92. The van der Waals surface area contributed by atoms with Crippen molar-refractivity contribution in [3.05, 3.63) is 72.4 Å². The molecular formula is C20H20N6O. The van der Waals surface area contributed by atoms with Crippen LogP contribution in [0.3, 0.4) is 0 Å². The van der Waals surface area contributed by atoms with E-state index >= 15 is 0 Å². The third kappa shape index (κ3) is 3.29. The molecule has 0 radical (unpaired) electrons. The first kappa shape index (κ1) is 16.0. The highest BCUT2D eigenvalue weighted by Crippen LogP contribution is 2.22. The van der Waals surface area contributed by atoms with Crippen molar-refractivity contribution in [2.45, 2.75) is 25.7 Å². The first-order chi connectivity index (χ1) is 13.3. The maximum absolute atomic E-state index is 6.07. The van der Waals surface area contributed by atoms with Crippen molar-refractivity contribution in [1.29, 1.82) is 0 Å². The molecule has 7 nitrogen and oxygen atoms in total. The summed E-state index contributed by atoms with van der Waals surface area (Å²) in [6.45, 7) is 3.14. The summed E-state index contributed by atoms with van der Waals surface area (Å²) in [7, 11) is 0. The maximum atomic E-state index is 6.07. The molecule has 27 heavy (non-hydrogen) atoms. The molecule has 0 amide bonds. The standard InChI is InChI=1S/C20H20N6O/c1-3-15(18-6-9-21-19(18)4-1)11-25-12-16-5-10-24-26(16)14-17(13-25)27-20-22-7-2-8-23-20/h1-10,17,21H,11-14H2/t17-/m0/s1. The first-order valence-corrected chi connectivity index (χ1v) is 9.07. The lowest BCUT2D eigenvalue weighted by Gasteiger charge is -2.24. The molecule has 0 spiro atoms. The van der Waals surface area contributed by atoms with Crippen LogP contribution in [0.25, 0.3) is 10.9 Å². The average Bonchev–Trinajstić information content (AvgIpc) is 3.30. The molecule has 1 aliphatic heterocycles. The summed E-state index contributed by atoms with van der Waals surface area (Å²) in [6.07, 6.45) is 7.16. The van der Waals surface area contributed by atoms with E-state index in [0.29, 0.717) is 12.6 Å². The Morgan fingerprint density at radius 1 is 1.04 bits per heavy atom. The molecule has 4 aromatic rings. The van der Waals surface area contributed by atoms with Gasteiger partial charge in [0.1, 0.15) is 6.10 Å². The van der Waals surface area contributed by atoms with Crippen molar-refractivity contribution >= 4 is 10.9 Å². The minimum absolute atomic E-state index is 0.0704. The summed E-state index contributed by atoms with van der Waals surface area (Å²) in [4.78, 5) is 14.1. The second-order valence-corrected chi connectivity index (χ2v) is 6.80. The highest BCUT2D eigenvalue weighted by atomic mass is 16.5. The van der Waals surface area contributed by atoms with Crippen LogP contribution in [0.1, 0.15) is 11.3 Å². The Kier molecular flexibility index (Phi) is 4.06. The molecule has 5 rings (SSSR count). The van der Waals surface area contributed by atoms with E-state index in [1.807, 2.05) is 17.1 Å². The van der Waals surface area contributed by atoms with Crippen LogP contribution >= 0.6 is 0 Å². The fraction of sp³-hybridized carbons (Fsp3) is 0.250. The predicted molar refractivity (Wildman–Crippen MR) is 101 cm³/mol. The summed E-state index contributed by atoms with van der Waals surface area (Å²) in [5, 5.41) is 5.72. The molecule has 1 atom stereocenters. The number of hydrogen-bond acceptors (Lipinski definition) is 5. The van der Waals surface area contributed by atoms with Gasteiger partial charge in [-0.25, -0.2) is 9.97 Å². The third-order valence-electron chi connectivity index (χ3n) is 4.92. The van der Waals surface area contributed by atoms with Crippen molar-refractivity contribution < 1.29 is 4.74 Å². The molecule has 1 N–H and O–H groups in total. The van der Waals surface area contributed by atoms with Crippen LogP contribution in [0, 0.1) is 0 Å². The lowest BCUT2D eigenvalue weighted by Crippen LogP contribution is -2.35. The highest BCUT2D eigenvalue weighted by Gasteiger charge is 2.24. The molecule has 0 fully saturated rings. The number of nitrogens with zero attached hydrogens (tertiary/aromatic N) is 5. The minimum atomic E-state index is -0.0704. The number of hydrogen-bond donors (Lipinski definition) is 1. The van der Waals surface area contributed by atoms with E-state index in [0.717, 1.165) is 25.2 Å². The zero-order valence-corrected chi connectivity index (χ0v) is 14.8. The quantitative estimate of drug-likeness (QED) is 0.606. The zero-order chi connectivity index (χ0) is 18.1. The number of H-pyrrole nitrogens is 1. The van der Waals surface area contributed by atoms with Crippen molar-refractivity contribution in [3.8, 4) is 6.01 Å². The molecule has 1 aromatic carbocycles. The van der Waals surface area contributed by atoms with Gasteiger partial charge in [-0.3, -0.25) is 9.58 Å². The summed E-state index contributed by atoms with van der Waals surface area (Å²) >= 11 is 0. The van der Waals surface area contributed by atoms with Gasteiger partial charge in [-0.05, 0) is 29.8 Å². The van der Waals surface area contributed by atoms with Gasteiger partial charge in [-0.2, -0.15) is 5.10 Å². The van der Waals surface area contributed by atoms with Gasteiger partial charge in [0, 0.05) is 55.3 Å². The normalized spacial score (nSPS) is 17.6. The lowest BCUT2D eigenvalue weighted by atomic mass is 10.1. The van der Waals surface area contributed by atoms with Crippen LogP contribution in [0.5, 0.6) is 6.01 Å². The average molecular weight is 360 g/mol. The van der Waals surface area contributed by atoms with Gasteiger partial charge in [-0.15, -0.1) is 0 Å². The second-order valence-electron chi connectivity index (χ2n) is 6.80. The van der Waals surface area contributed by atoms with E-state index in [-0.39, 0.29) is 6.10 Å². The topological polar surface area (TPSA) is 71.9 Å². The SMILES string of the molecule is c1cnc(O[C@H]2CN(Cc3cccc4[nH]ccc34)Cc3ccnn3C2)nc1. The number of aromatic nitrogens is 5. The van der Waals surface area contributed by atoms with Crippen molar-refractivity contribution in [2.24, 2.45) is 0 Å². The van der Waals surface area contributed by atoms with Crippen LogP contribution in [-0.2, 0) is 19.6 Å². The van der Waals surface area contributed by atoms with Crippen LogP contribution < -0.4 is 4.74 Å². The smallest absolute Gasteiger partial charge is 0.316 e. The fourth-order valence-corrected chi connectivity index (χ4v) is 3.71.